The molecule has 1 fully saturated rings. The van der Waals surface area contributed by atoms with Crippen molar-refractivity contribution in [2.24, 2.45) is 11.8 Å². The van der Waals surface area contributed by atoms with Crippen LogP contribution >= 0.6 is 0 Å². The molecule has 1 aliphatic rings. The summed E-state index contributed by atoms with van der Waals surface area (Å²) < 4.78 is 23.9. The van der Waals surface area contributed by atoms with Gasteiger partial charge < -0.3 is 15.7 Å². The lowest BCUT2D eigenvalue weighted by molar-refractivity contribution is -0.134. The minimum absolute atomic E-state index is 0.137. The number of carbonyl (C=O) groups is 2. The topological polar surface area (TPSA) is 119 Å². The van der Waals surface area contributed by atoms with Gasteiger partial charge in [0.25, 0.3) is 0 Å². The molecule has 1 saturated heterocycles. The summed E-state index contributed by atoms with van der Waals surface area (Å²) in [4.78, 5) is 27.2. The number of rotatable bonds is 8. The van der Waals surface area contributed by atoms with Crippen LogP contribution in [0.5, 0.6) is 0 Å². The molecule has 1 heterocycles. The number of nitrogens with zero attached hydrogens (tertiary/aromatic N) is 2. The van der Waals surface area contributed by atoms with Crippen molar-refractivity contribution in [2.45, 2.75) is 71.3 Å². The van der Waals surface area contributed by atoms with E-state index in [2.05, 4.69) is 36.3 Å². The van der Waals surface area contributed by atoms with Gasteiger partial charge in [0.2, 0.25) is 21.8 Å². The van der Waals surface area contributed by atoms with Crippen LogP contribution in [0.15, 0.2) is 0 Å². The van der Waals surface area contributed by atoms with Crippen molar-refractivity contribution in [3.05, 3.63) is 0 Å². The fourth-order valence-corrected chi connectivity index (χ4v) is 3.96. The monoisotopic (exact) mass is 434 g/mol. The molecule has 0 aliphatic carbocycles. The van der Waals surface area contributed by atoms with Gasteiger partial charge in [-0.2, -0.15) is 0 Å². The quantitative estimate of drug-likeness (QED) is 0.479. The number of nitrogens with one attached hydrogen (secondary N) is 2. The molecule has 0 saturated carbocycles. The third-order valence-electron chi connectivity index (χ3n) is 6.40. The zero-order valence-corrected chi connectivity index (χ0v) is 19.7. The van der Waals surface area contributed by atoms with E-state index in [1.54, 1.807) is 13.8 Å². The lowest BCUT2D eigenvalue weighted by Crippen LogP contribution is -2.59. The molecule has 3 N–H and O–H groups in total. The number of sulfonamides is 1. The normalized spacial score (nSPS) is 29.2. The summed E-state index contributed by atoms with van der Waals surface area (Å²) in [6.45, 7) is 9.47. The van der Waals surface area contributed by atoms with Crippen LogP contribution in [0.3, 0.4) is 0 Å². The molecule has 0 spiro atoms. The molecule has 0 bridgehead atoms. The number of carbonyl (C=O) groups excluding carboxylic acids is 2. The third-order valence-corrected chi connectivity index (χ3v) is 7.68. The first-order valence-corrected chi connectivity index (χ1v) is 11.9. The Morgan fingerprint density at radius 2 is 1.76 bits per heavy atom. The number of piperidine rings is 1. The van der Waals surface area contributed by atoms with Crippen LogP contribution in [0.1, 0.15) is 41.0 Å². The molecule has 1 rings (SSSR count). The van der Waals surface area contributed by atoms with Crippen LogP contribution in [0, 0.1) is 11.8 Å². The first-order chi connectivity index (χ1) is 13.2. The minimum Gasteiger partial charge on any atom is -0.390 e. The minimum atomic E-state index is -3.42. The molecule has 1 aliphatic heterocycles. The second-order valence-electron chi connectivity index (χ2n) is 8.63. The van der Waals surface area contributed by atoms with E-state index in [9.17, 15) is 23.1 Å². The highest BCUT2D eigenvalue weighted by molar-refractivity contribution is 7.88. The number of aliphatic hydroxyl groups excluding tert-OH is 1. The summed E-state index contributed by atoms with van der Waals surface area (Å²) >= 11 is 0. The standard InChI is InChI=1S/C19H38N4O5S/c1-11-9-16(23(7)15(5)12(11)2)19(26)21-14(4)18(25)20-13(3)17(24)10-22(6)29(8,27)28/h11-17,24H,9-10H2,1-8H3,(H,20,25)(H,21,26). The number of likely N-dealkylation sites (N-methyl/N-ethyl adjacent to an activating group) is 2. The summed E-state index contributed by atoms with van der Waals surface area (Å²) in [5, 5.41) is 15.6. The second-order valence-corrected chi connectivity index (χ2v) is 10.7. The van der Waals surface area contributed by atoms with Crippen LogP contribution in [-0.2, 0) is 19.6 Å². The summed E-state index contributed by atoms with van der Waals surface area (Å²) in [6.07, 6.45) is 0.703. The summed E-state index contributed by atoms with van der Waals surface area (Å²) in [6, 6.07) is -1.48. The number of likely N-dealkylation sites (tertiary alicyclic amines) is 1. The van der Waals surface area contributed by atoms with E-state index in [1.807, 2.05) is 7.05 Å². The van der Waals surface area contributed by atoms with Gasteiger partial charge in [0.15, 0.2) is 0 Å². The van der Waals surface area contributed by atoms with Crippen molar-refractivity contribution >= 4 is 21.8 Å². The maximum absolute atomic E-state index is 12.7. The molecule has 0 aromatic carbocycles. The maximum atomic E-state index is 12.7. The Hall–Kier alpha value is -1.23. The number of aliphatic hydroxyl groups is 1. The van der Waals surface area contributed by atoms with E-state index >= 15 is 0 Å². The summed E-state index contributed by atoms with van der Waals surface area (Å²) in [5.74, 6) is 0.269. The van der Waals surface area contributed by atoms with Crippen molar-refractivity contribution in [2.75, 3.05) is 26.9 Å². The molecule has 29 heavy (non-hydrogen) atoms. The number of hydrogen-bond donors (Lipinski definition) is 3. The van der Waals surface area contributed by atoms with Crippen LogP contribution < -0.4 is 10.6 Å². The molecule has 2 amide bonds. The first kappa shape index (κ1) is 25.8. The van der Waals surface area contributed by atoms with Crippen LogP contribution in [0.2, 0.25) is 0 Å². The Kier molecular flexibility index (Phi) is 9.07. The van der Waals surface area contributed by atoms with Gasteiger partial charge in [0.1, 0.15) is 6.04 Å². The predicted octanol–water partition coefficient (Wildman–Crippen LogP) is -0.387. The number of amides is 2. The average Bonchev–Trinajstić information content (AvgIpc) is 2.61. The molecule has 0 aromatic heterocycles. The Morgan fingerprint density at radius 1 is 1.21 bits per heavy atom. The lowest BCUT2D eigenvalue weighted by Gasteiger charge is -2.44. The zero-order valence-electron chi connectivity index (χ0n) is 18.8. The van der Waals surface area contributed by atoms with Crippen molar-refractivity contribution in [1.82, 2.24) is 19.8 Å². The first-order valence-electron chi connectivity index (χ1n) is 10.1. The molecule has 0 radical (unpaired) electrons. The maximum Gasteiger partial charge on any atom is 0.242 e. The molecule has 0 aromatic rings. The summed E-state index contributed by atoms with van der Waals surface area (Å²) in [5.41, 5.74) is 0. The van der Waals surface area contributed by atoms with E-state index < -0.39 is 34.1 Å². The molecular formula is C19H38N4O5S. The smallest absolute Gasteiger partial charge is 0.242 e. The fraction of sp³-hybridized carbons (Fsp3) is 0.895. The molecular weight excluding hydrogens is 396 g/mol. The Labute approximate surface area is 175 Å². The van der Waals surface area contributed by atoms with E-state index in [0.717, 1.165) is 17.0 Å². The predicted molar refractivity (Wildman–Crippen MR) is 113 cm³/mol. The Bertz CT molecular complexity index is 686. The molecule has 170 valence electrons. The van der Waals surface area contributed by atoms with Gasteiger partial charge in [-0.1, -0.05) is 13.8 Å². The lowest BCUT2D eigenvalue weighted by atomic mass is 9.79. The van der Waals surface area contributed by atoms with Crippen molar-refractivity contribution < 1.29 is 23.1 Å². The highest BCUT2D eigenvalue weighted by Crippen LogP contribution is 2.31. The van der Waals surface area contributed by atoms with Gasteiger partial charge >= 0.3 is 0 Å². The van der Waals surface area contributed by atoms with Gasteiger partial charge in [-0.3, -0.25) is 14.5 Å². The molecule has 10 heteroatoms. The molecule has 7 unspecified atom stereocenters. The van der Waals surface area contributed by atoms with Gasteiger partial charge in [0.05, 0.1) is 24.4 Å². The highest BCUT2D eigenvalue weighted by atomic mass is 32.2. The van der Waals surface area contributed by atoms with Gasteiger partial charge in [-0.05, 0) is 46.1 Å². The van der Waals surface area contributed by atoms with Crippen molar-refractivity contribution in [1.29, 1.82) is 0 Å². The Morgan fingerprint density at radius 3 is 2.28 bits per heavy atom. The van der Waals surface area contributed by atoms with Crippen LogP contribution in [0.4, 0.5) is 0 Å². The largest absolute Gasteiger partial charge is 0.390 e. The SMILES string of the molecule is CC(NC(=O)C1CC(C)C(C)C(C)N1C)C(=O)NC(C)C(O)CN(C)S(C)(=O)=O. The zero-order chi connectivity index (χ0) is 22.7. The van der Waals surface area contributed by atoms with E-state index in [-0.39, 0.29) is 24.5 Å². The van der Waals surface area contributed by atoms with E-state index in [1.165, 1.54) is 7.05 Å². The second kappa shape index (κ2) is 10.2. The van der Waals surface area contributed by atoms with E-state index in [4.69, 9.17) is 0 Å². The fourth-order valence-electron chi connectivity index (χ4n) is 3.53. The Balaban J connectivity index is 2.62. The average molecular weight is 435 g/mol. The van der Waals surface area contributed by atoms with Gasteiger partial charge in [-0.15, -0.1) is 0 Å². The number of hydrogen-bond acceptors (Lipinski definition) is 6. The van der Waals surface area contributed by atoms with Gasteiger partial charge in [0, 0.05) is 19.6 Å². The molecule has 9 nitrogen and oxygen atoms in total. The molecule has 7 atom stereocenters. The van der Waals surface area contributed by atoms with Crippen LogP contribution in [0.25, 0.3) is 0 Å². The van der Waals surface area contributed by atoms with E-state index in [0.29, 0.717) is 11.8 Å². The van der Waals surface area contributed by atoms with Gasteiger partial charge in [-0.25, -0.2) is 12.7 Å². The third kappa shape index (κ3) is 6.91. The van der Waals surface area contributed by atoms with Crippen molar-refractivity contribution in [3.8, 4) is 0 Å². The highest BCUT2D eigenvalue weighted by Gasteiger charge is 2.38. The summed E-state index contributed by atoms with van der Waals surface area (Å²) in [7, 11) is -0.134. The van der Waals surface area contributed by atoms with Crippen molar-refractivity contribution in [3.63, 3.8) is 0 Å². The van der Waals surface area contributed by atoms with Crippen LogP contribution in [-0.4, -0.2) is 91.7 Å².